The van der Waals surface area contributed by atoms with Crippen LogP contribution in [0.3, 0.4) is 0 Å². The first-order valence-electron chi connectivity index (χ1n) is 0. The maximum Gasteiger partial charge on any atom is 3.00 e. The van der Waals surface area contributed by atoms with Crippen LogP contribution in [0.4, 0.5) is 0 Å². The molecule has 6 heteroatoms. The first-order chi connectivity index (χ1) is 0. The molecule has 0 atom stereocenters. The van der Waals surface area contributed by atoms with Gasteiger partial charge in [-0.1, -0.05) is 0 Å². The molecule has 0 aliphatic rings. The third-order valence-electron chi connectivity index (χ3n) is 0. The van der Waals surface area contributed by atoms with E-state index in [0.717, 1.165) is 0 Å². The van der Waals surface area contributed by atoms with Crippen molar-refractivity contribution in [1.82, 2.24) is 0 Å². The average Bonchev–Trinajstić information content (AvgIpc) is 0. The molecule has 0 saturated carbocycles. The maximum atomic E-state index is 0. The van der Waals surface area contributed by atoms with E-state index in [1.54, 1.807) is 0 Å². The number of hydrogen-bond acceptors (Lipinski definition) is 0. The Morgan fingerprint density at radius 1 is 0.500 bits per heavy atom. The van der Waals surface area contributed by atoms with E-state index in [1.165, 1.54) is 0 Å². The monoisotopic (exact) mass is 350 g/mol. The molecule has 0 nitrogen and oxygen atoms in total. The summed E-state index contributed by atoms with van der Waals surface area (Å²) in [5.74, 6) is 0. The molecular weight excluding hydrogens is 354 g/mol. The molecule has 0 aliphatic carbocycles. The Balaban J connectivity index is 0. The number of halogens is 4. The SMILES string of the molecule is [Al+3].[Br-].[Br-].[Br-].[Br-].[Li+]. The van der Waals surface area contributed by atoms with Crippen LogP contribution in [-0.2, 0) is 0 Å². The first kappa shape index (κ1) is 63.0. The normalized spacial score (nSPS) is 0. The van der Waals surface area contributed by atoms with Gasteiger partial charge in [0.2, 0.25) is 0 Å². The van der Waals surface area contributed by atoms with E-state index in [2.05, 4.69) is 0 Å². The van der Waals surface area contributed by atoms with E-state index in [4.69, 9.17) is 0 Å². The molecule has 0 heterocycles. The van der Waals surface area contributed by atoms with Gasteiger partial charge in [0.1, 0.15) is 0 Å². The molecule has 0 aromatic carbocycles. The van der Waals surface area contributed by atoms with Crippen LogP contribution in [-0.4, -0.2) is 17.4 Å². The summed E-state index contributed by atoms with van der Waals surface area (Å²) in [4.78, 5) is 0. The van der Waals surface area contributed by atoms with Gasteiger partial charge in [0.15, 0.2) is 0 Å². The van der Waals surface area contributed by atoms with Crippen molar-refractivity contribution in [3.8, 4) is 0 Å². The van der Waals surface area contributed by atoms with Crippen LogP contribution in [0.5, 0.6) is 0 Å². The van der Waals surface area contributed by atoms with Crippen molar-refractivity contribution in [3.63, 3.8) is 0 Å². The summed E-state index contributed by atoms with van der Waals surface area (Å²) in [5, 5.41) is 0. The molecule has 0 unspecified atom stereocenters. The second kappa shape index (κ2) is 43.0. The summed E-state index contributed by atoms with van der Waals surface area (Å²) < 4.78 is 0. The van der Waals surface area contributed by atoms with Crippen molar-refractivity contribution in [2.45, 2.75) is 0 Å². The molecule has 0 saturated heterocycles. The fourth-order valence-electron chi connectivity index (χ4n) is 0. The minimum absolute atomic E-state index is 0. The van der Waals surface area contributed by atoms with Crippen molar-refractivity contribution < 1.29 is 86.8 Å². The summed E-state index contributed by atoms with van der Waals surface area (Å²) in [6.07, 6.45) is 0. The second-order valence-electron chi connectivity index (χ2n) is 0. The fourth-order valence-corrected chi connectivity index (χ4v) is 0. The Kier molecular flexibility index (Phi) is 452. The van der Waals surface area contributed by atoms with Gasteiger partial charge in [-0.2, -0.15) is 0 Å². The molecule has 0 spiro atoms. The van der Waals surface area contributed by atoms with Gasteiger partial charge in [-0.15, -0.1) is 0 Å². The molecule has 0 aromatic rings. The average molecular weight is 354 g/mol. The molecule has 0 radical (unpaired) electrons. The predicted octanol–water partition coefficient (Wildman–Crippen LogP) is -15.4. The summed E-state index contributed by atoms with van der Waals surface area (Å²) in [6.45, 7) is 0. The van der Waals surface area contributed by atoms with Crippen molar-refractivity contribution in [3.05, 3.63) is 0 Å². The quantitative estimate of drug-likeness (QED) is 0.380. The van der Waals surface area contributed by atoms with E-state index < -0.39 is 0 Å². The van der Waals surface area contributed by atoms with Crippen LogP contribution in [0.2, 0.25) is 0 Å². The second-order valence-corrected chi connectivity index (χ2v) is 0. The van der Waals surface area contributed by atoms with Crippen molar-refractivity contribution >= 4 is 17.4 Å². The van der Waals surface area contributed by atoms with Gasteiger partial charge < -0.3 is 67.9 Å². The smallest absolute Gasteiger partial charge is 1.00 e. The van der Waals surface area contributed by atoms with E-state index in [-0.39, 0.29) is 104 Å². The molecule has 6 heavy (non-hydrogen) atoms. The molecule has 0 aromatic heterocycles. The molecule has 0 N–H and O–H groups in total. The van der Waals surface area contributed by atoms with Crippen LogP contribution in [0.1, 0.15) is 0 Å². The standard InChI is InChI=1S/Al.4BrH.Li/h;4*1H;/q+3;;;;;+1/p-4. The molecule has 0 aliphatic heterocycles. The molecule has 0 fully saturated rings. The topological polar surface area (TPSA) is 0 Å². The van der Waals surface area contributed by atoms with Crippen molar-refractivity contribution in [2.24, 2.45) is 0 Å². The largest absolute Gasteiger partial charge is 3.00 e. The molecular formula is AlBr4Li. The zero-order chi connectivity index (χ0) is 0. The molecule has 32 valence electrons. The van der Waals surface area contributed by atoms with Crippen molar-refractivity contribution in [1.29, 1.82) is 0 Å². The van der Waals surface area contributed by atoms with Gasteiger partial charge in [-0.25, -0.2) is 0 Å². The molecule has 0 amide bonds. The van der Waals surface area contributed by atoms with E-state index in [1.807, 2.05) is 0 Å². The van der Waals surface area contributed by atoms with Gasteiger partial charge >= 0.3 is 36.2 Å². The summed E-state index contributed by atoms with van der Waals surface area (Å²) in [6, 6.07) is 0. The summed E-state index contributed by atoms with van der Waals surface area (Å²) in [5.41, 5.74) is 0. The Morgan fingerprint density at radius 2 is 0.500 bits per heavy atom. The minimum Gasteiger partial charge on any atom is -1.00 e. The fraction of sp³-hybridized carbons (Fsp3) is 0. The zero-order valence-electron chi connectivity index (χ0n) is 3.09. The van der Waals surface area contributed by atoms with E-state index in [9.17, 15) is 0 Å². The van der Waals surface area contributed by atoms with Gasteiger partial charge in [-0.3, -0.25) is 0 Å². The van der Waals surface area contributed by atoms with Gasteiger partial charge in [0, 0.05) is 0 Å². The number of hydrogen-bond donors (Lipinski definition) is 0. The zero-order valence-corrected chi connectivity index (χ0v) is 10.6. The van der Waals surface area contributed by atoms with Gasteiger partial charge in [0.05, 0.1) is 0 Å². The first-order valence-corrected chi connectivity index (χ1v) is 0. The van der Waals surface area contributed by atoms with Crippen molar-refractivity contribution in [2.75, 3.05) is 0 Å². The Bertz CT molecular complexity index is 7.51. The third-order valence-corrected chi connectivity index (χ3v) is 0. The van der Waals surface area contributed by atoms with Crippen LogP contribution in [0, 0.1) is 0 Å². The number of rotatable bonds is 0. The van der Waals surface area contributed by atoms with Crippen LogP contribution < -0.4 is 86.8 Å². The van der Waals surface area contributed by atoms with Crippen LogP contribution in [0.25, 0.3) is 0 Å². The maximum absolute atomic E-state index is 0. The van der Waals surface area contributed by atoms with E-state index >= 15 is 0 Å². The Hall–Kier alpha value is 3.05. The third kappa shape index (κ3) is 27.7. The summed E-state index contributed by atoms with van der Waals surface area (Å²) in [7, 11) is 0. The van der Waals surface area contributed by atoms with Gasteiger partial charge in [0.25, 0.3) is 0 Å². The van der Waals surface area contributed by atoms with E-state index in [0.29, 0.717) is 0 Å². The van der Waals surface area contributed by atoms with Gasteiger partial charge in [-0.05, 0) is 0 Å². The van der Waals surface area contributed by atoms with Crippen LogP contribution in [0.15, 0.2) is 0 Å². The predicted molar refractivity (Wildman–Crippen MR) is 5.75 cm³/mol. The minimum atomic E-state index is 0. The Morgan fingerprint density at radius 3 is 0.500 bits per heavy atom. The Labute approximate surface area is 103 Å². The van der Waals surface area contributed by atoms with Crippen LogP contribution >= 0.6 is 0 Å². The summed E-state index contributed by atoms with van der Waals surface area (Å²) >= 11 is 0. The molecule has 0 rings (SSSR count). The molecule has 0 bridgehead atoms.